The third-order valence-electron chi connectivity index (χ3n) is 7.36. The van der Waals surface area contributed by atoms with E-state index in [1.807, 2.05) is 20.8 Å². The SMILES string of the molecule is CC(C)O[C@@H]1CCN(c2nccc(C#N)c2NC(=O)N2CCC(C)(c3noc([C@@H]4C[C@@H]4F)n3)CC2)C1. The van der Waals surface area contributed by atoms with E-state index in [1.54, 1.807) is 17.2 Å². The zero-order valence-electron chi connectivity index (χ0n) is 20.9. The van der Waals surface area contributed by atoms with E-state index in [0.29, 0.717) is 67.7 Å². The van der Waals surface area contributed by atoms with Crippen LogP contribution in [0, 0.1) is 11.3 Å². The van der Waals surface area contributed by atoms with Crippen molar-refractivity contribution in [2.45, 2.75) is 76.2 Å². The first-order valence-corrected chi connectivity index (χ1v) is 12.6. The second kappa shape index (κ2) is 9.65. The minimum Gasteiger partial charge on any atom is -0.374 e. The molecule has 0 aromatic carbocycles. The fourth-order valence-corrected chi connectivity index (χ4v) is 4.99. The van der Waals surface area contributed by atoms with Gasteiger partial charge < -0.3 is 24.4 Å². The highest BCUT2D eigenvalue weighted by Gasteiger charge is 2.45. The highest BCUT2D eigenvalue weighted by Crippen LogP contribution is 2.44. The third-order valence-corrected chi connectivity index (χ3v) is 7.36. The Labute approximate surface area is 209 Å². The van der Waals surface area contributed by atoms with Crippen LogP contribution >= 0.6 is 0 Å². The van der Waals surface area contributed by atoms with Gasteiger partial charge in [-0.25, -0.2) is 14.2 Å². The number of rotatable bonds is 6. The van der Waals surface area contributed by atoms with Crippen LogP contribution in [0.15, 0.2) is 16.8 Å². The molecule has 2 amide bonds. The Morgan fingerprint density at radius 2 is 2.11 bits per heavy atom. The standard InChI is InChI=1S/C25H32FN7O3/c1-15(2)35-17-5-9-33(14-17)21-20(16(13-27)4-8-28-21)29-24(34)32-10-6-25(3,7-11-32)23-30-22(36-31-23)18-12-19(18)26/h4,8,15,17-19H,5-7,9-12,14H2,1-3H3,(H,29,34)/t17-,18-,19+/m1/s1. The van der Waals surface area contributed by atoms with Gasteiger partial charge in [0.1, 0.15) is 17.9 Å². The number of carbonyl (C=O) groups is 1. The van der Waals surface area contributed by atoms with E-state index in [1.165, 1.54) is 0 Å². The molecule has 0 spiro atoms. The number of hydrogen-bond acceptors (Lipinski definition) is 8. The van der Waals surface area contributed by atoms with Gasteiger partial charge in [-0.15, -0.1) is 0 Å². The van der Waals surface area contributed by atoms with Crippen molar-refractivity contribution < 1.29 is 18.4 Å². The number of nitriles is 1. The first-order valence-electron chi connectivity index (χ1n) is 12.6. The molecule has 2 aromatic rings. The van der Waals surface area contributed by atoms with Crippen molar-refractivity contribution in [3.63, 3.8) is 0 Å². The summed E-state index contributed by atoms with van der Waals surface area (Å²) >= 11 is 0. The molecule has 11 heteroatoms. The van der Waals surface area contributed by atoms with E-state index < -0.39 is 6.17 Å². The number of piperidine rings is 1. The lowest BCUT2D eigenvalue weighted by atomic mass is 9.80. The quantitative estimate of drug-likeness (QED) is 0.641. The van der Waals surface area contributed by atoms with Crippen LogP contribution in [0.1, 0.15) is 69.7 Å². The number of alkyl halides is 1. The van der Waals surface area contributed by atoms with Crippen LogP contribution in [0.3, 0.4) is 0 Å². The van der Waals surface area contributed by atoms with E-state index in [4.69, 9.17) is 9.26 Å². The fourth-order valence-electron chi connectivity index (χ4n) is 4.99. The smallest absolute Gasteiger partial charge is 0.321 e. The van der Waals surface area contributed by atoms with Crippen LogP contribution in [0.4, 0.5) is 20.7 Å². The Balaban J connectivity index is 1.25. The summed E-state index contributed by atoms with van der Waals surface area (Å²) in [5.41, 5.74) is 0.447. The van der Waals surface area contributed by atoms with Gasteiger partial charge in [0.2, 0.25) is 5.89 Å². The Kier molecular flexibility index (Phi) is 6.55. The Bertz CT molecular complexity index is 1150. The molecular formula is C25H32FN7O3. The van der Waals surface area contributed by atoms with Crippen molar-refractivity contribution in [2.24, 2.45) is 0 Å². The van der Waals surface area contributed by atoms with Crippen LogP contribution in [0.2, 0.25) is 0 Å². The summed E-state index contributed by atoms with van der Waals surface area (Å²) in [6.45, 7) is 8.45. The zero-order chi connectivity index (χ0) is 25.4. The van der Waals surface area contributed by atoms with E-state index in [2.05, 4.69) is 31.4 Å². The molecule has 2 aromatic heterocycles. The molecule has 3 atom stereocenters. The number of amides is 2. The number of aromatic nitrogens is 3. The summed E-state index contributed by atoms with van der Waals surface area (Å²) in [5, 5.41) is 16.8. The molecule has 4 heterocycles. The summed E-state index contributed by atoms with van der Waals surface area (Å²) in [6.07, 6.45) is 3.52. The molecule has 1 N–H and O–H groups in total. The largest absolute Gasteiger partial charge is 0.374 e. The number of likely N-dealkylation sites (tertiary alicyclic amines) is 1. The second-order valence-electron chi connectivity index (χ2n) is 10.5. The molecule has 36 heavy (non-hydrogen) atoms. The van der Waals surface area contributed by atoms with Crippen molar-refractivity contribution >= 4 is 17.5 Å². The highest BCUT2D eigenvalue weighted by molar-refractivity contribution is 5.94. The summed E-state index contributed by atoms with van der Waals surface area (Å²) in [4.78, 5) is 26.0. The normalized spacial score (nSPS) is 25.2. The maximum atomic E-state index is 13.4. The van der Waals surface area contributed by atoms with Crippen molar-refractivity contribution in [2.75, 3.05) is 36.4 Å². The van der Waals surface area contributed by atoms with Crippen LogP contribution in [0.5, 0.6) is 0 Å². The lowest BCUT2D eigenvalue weighted by molar-refractivity contribution is 0.0210. The van der Waals surface area contributed by atoms with Gasteiger partial charge in [-0.3, -0.25) is 0 Å². The Morgan fingerprint density at radius 3 is 2.78 bits per heavy atom. The molecule has 1 aliphatic carbocycles. The molecular weight excluding hydrogens is 465 g/mol. The van der Waals surface area contributed by atoms with Crippen LogP contribution in [-0.4, -0.2) is 70.6 Å². The molecule has 5 rings (SSSR count). The summed E-state index contributed by atoms with van der Waals surface area (Å²) in [5.74, 6) is 1.26. The van der Waals surface area contributed by atoms with Crippen molar-refractivity contribution in [1.29, 1.82) is 5.26 Å². The van der Waals surface area contributed by atoms with Gasteiger partial charge >= 0.3 is 6.03 Å². The molecule has 2 aliphatic heterocycles. The lowest BCUT2D eigenvalue weighted by Gasteiger charge is -2.37. The van der Waals surface area contributed by atoms with Gasteiger partial charge in [-0.1, -0.05) is 12.1 Å². The summed E-state index contributed by atoms with van der Waals surface area (Å²) < 4.78 is 24.6. The Hall–Kier alpha value is -3.26. The van der Waals surface area contributed by atoms with Gasteiger partial charge in [0.15, 0.2) is 11.6 Å². The molecule has 0 radical (unpaired) electrons. The van der Waals surface area contributed by atoms with Gasteiger partial charge in [-0.05, 0) is 45.6 Å². The number of anilines is 2. The van der Waals surface area contributed by atoms with E-state index >= 15 is 0 Å². The monoisotopic (exact) mass is 497 g/mol. The predicted octanol–water partition coefficient (Wildman–Crippen LogP) is 3.75. The van der Waals surface area contributed by atoms with Crippen molar-refractivity contribution in [3.8, 4) is 6.07 Å². The highest BCUT2D eigenvalue weighted by atomic mass is 19.1. The van der Waals surface area contributed by atoms with E-state index in [9.17, 15) is 14.4 Å². The molecule has 1 saturated carbocycles. The minimum atomic E-state index is -0.888. The predicted molar refractivity (Wildman–Crippen MR) is 130 cm³/mol. The van der Waals surface area contributed by atoms with Gasteiger partial charge in [0.05, 0.1) is 23.7 Å². The first kappa shape index (κ1) is 24.4. The molecule has 192 valence electrons. The molecule has 0 unspecified atom stereocenters. The number of pyridine rings is 1. The zero-order valence-corrected chi connectivity index (χ0v) is 20.9. The molecule has 3 aliphatic rings. The van der Waals surface area contributed by atoms with Crippen LogP contribution < -0.4 is 10.2 Å². The van der Waals surface area contributed by atoms with Crippen molar-refractivity contribution in [1.82, 2.24) is 20.0 Å². The molecule has 0 bridgehead atoms. The van der Waals surface area contributed by atoms with Gasteiger partial charge in [0, 0.05) is 37.8 Å². The number of hydrogen-bond donors (Lipinski definition) is 1. The van der Waals surface area contributed by atoms with Gasteiger partial charge in [-0.2, -0.15) is 10.2 Å². The lowest BCUT2D eigenvalue weighted by Crippen LogP contribution is -2.46. The maximum Gasteiger partial charge on any atom is 0.321 e. The number of carbonyl (C=O) groups excluding carboxylic acids is 1. The number of ether oxygens (including phenoxy) is 1. The summed E-state index contributed by atoms with van der Waals surface area (Å²) in [7, 11) is 0. The number of halogens is 1. The fraction of sp³-hybridized carbons (Fsp3) is 0.640. The second-order valence-corrected chi connectivity index (χ2v) is 10.5. The molecule has 2 saturated heterocycles. The average molecular weight is 498 g/mol. The number of urea groups is 1. The molecule has 10 nitrogen and oxygen atoms in total. The first-order chi connectivity index (χ1) is 17.3. The third kappa shape index (κ3) is 4.87. The van der Waals surface area contributed by atoms with Crippen molar-refractivity contribution in [3.05, 3.63) is 29.5 Å². The number of nitrogens with zero attached hydrogens (tertiary/aromatic N) is 6. The minimum absolute atomic E-state index is 0.0854. The van der Waals surface area contributed by atoms with E-state index in [0.717, 1.165) is 13.0 Å². The molecule has 3 fully saturated rings. The maximum absolute atomic E-state index is 13.4. The van der Waals surface area contributed by atoms with Crippen LogP contribution in [-0.2, 0) is 10.2 Å². The average Bonchev–Trinajstić information content (AvgIpc) is 3.23. The topological polar surface area (TPSA) is 120 Å². The Morgan fingerprint density at radius 1 is 1.36 bits per heavy atom. The van der Waals surface area contributed by atoms with Gasteiger partial charge in [0.25, 0.3) is 0 Å². The number of nitrogens with one attached hydrogen (secondary N) is 1. The summed E-state index contributed by atoms with van der Waals surface area (Å²) in [6, 6.07) is 3.52. The van der Waals surface area contributed by atoms with E-state index in [-0.39, 0.29) is 29.6 Å². The van der Waals surface area contributed by atoms with Crippen LogP contribution in [0.25, 0.3) is 0 Å².